The Morgan fingerprint density at radius 3 is 2.22 bits per heavy atom. The number of nitrogens with one attached hydrogen (secondary N) is 1. The van der Waals surface area contributed by atoms with Gasteiger partial charge < -0.3 is 39.7 Å². The Morgan fingerprint density at radius 2 is 1.58 bits per heavy atom. The zero-order valence-electron chi connectivity index (χ0n) is 39.3. The van der Waals surface area contributed by atoms with Gasteiger partial charge in [0.2, 0.25) is 0 Å². The van der Waals surface area contributed by atoms with E-state index in [0.29, 0.717) is 72.0 Å². The van der Waals surface area contributed by atoms with Crippen LogP contribution in [0.3, 0.4) is 0 Å². The lowest BCUT2D eigenvalue weighted by molar-refractivity contribution is -0.155. The van der Waals surface area contributed by atoms with Crippen LogP contribution in [-0.2, 0) is 9.59 Å². The molecule has 1 saturated heterocycles. The van der Waals surface area contributed by atoms with Crippen molar-refractivity contribution in [1.29, 1.82) is 0 Å². The quantitative estimate of drug-likeness (QED) is 0.149. The fourth-order valence-corrected chi connectivity index (χ4v) is 10.7. The Morgan fingerprint density at radius 1 is 0.891 bits per heavy atom. The van der Waals surface area contributed by atoms with Crippen LogP contribution < -0.4 is 14.8 Å². The minimum Gasteiger partial charge on any atom is -0.496 e. The van der Waals surface area contributed by atoms with Gasteiger partial charge in [0, 0.05) is 57.9 Å². The van der Waals surface area contributed by atoms with Crippen molar-refractivity contribution in [2.45, 2.75) is 84.6 Å². The number of rotatable bonds is 16. The summed E-state index contributed by atoms with van der Waals surface area (Å²) < 4.78 is 13.4. The van der Waals surface area contributed by atoms with Crippen molar-refractivity contribution < 1.29 is 38.9 Å². The summed E-state index contributed by atoms with van der Waals surface area (Å²) in [6.07, 6.45) is 4.94. The molecule has 15 heteroatoms. The van der Waals surface area contributed by atoms with Crippen molar-refractivity contribution in [3.63, 3.8) is 0 Å². The number of hydrogen-bond acceptors (Lipinski definition) is 10. The number of carbonyl (C=O) groups is 4. The molecular formula is C49H71N7O8. The van der Waals surface area contributed by atoms with Gasteiger partial charge in [-0.15, -0.1) is 0 Å². The first-order valence-corrected chi connectivity index (χ1v) is 23.3. The third-order valence-corrected chi connectivity index (χ3v) is 13.9. The number of hydrogen-bond donors (Lipinski definition) is 3. The zero-order chi connectivity index (χ0) is 46.3. The molecule has 0 spiro atoms. The Labute approximate surface area is 379 Å². The zero-order valence-corrected chi connectivity index (χ0v) is 39.3. The number of carbonyl (C=O) groups excluding carboxylic acids is 2. The number of likely N-dealkylation sites (N-methyl/N-ethyl adjacent to an activating group) is 1. The van der Waals surface area contributed by atoms with E-state index >= 15 is 0 Å². The largest absolute Gasteiger partial charge is 0.496 e. The van der Waals surface area contributed by atoms with Crippen LogP contribution in [0.5, 0.6) is 11.5 Å². The lowest BCUT2D eigenvalue weighted by Gasteiger charge is -2.52. The average Bonchev–Trinajstić information content (AvgIpc) is 3.70. The number of fused-ring (bicyclic) bond motifs is 2. The monoisotopic (exact) mass is 886 g/mol. The van der Waals surface area contributed by atoms with Gasteiger partial charge in [-0.05, 0) is 124 Å². The second kappa shape index (κ2) is 21.3. The number of carboxylic acid groups (broad SMARTS) is 2. The maximum absolute atomic E-state index is 14.6. The molecule has 5 unspecified atom stereocenters. The van der Waals surface area contributed by atoms with Gasteiger partial charge in [0.1, 0.15) is 17.0 Å². The predicted molar refractivity (Wildman–Crippen MR) is 247 cm³/mol. The molecule has 3 aliphatic rings. The number of carboxylic acids is 2. The summed E-state index contributed by atoms with van der Waals surface area (Å²) in [6.45, 7) is 16.9. The average molecular weight is 886 g/mol. The number of benzene rings is 2. The van der Waals surface area contributed by atoms with E-state index in [-0.39, 0.29) is 35.9 Å². The van der Waals surface area contributed by atoms with Crippen LogP contribution in [0.15, 0.2) is 42.5 Å². The molecule has 3 N–H and O–H groups in total. The number of methoxy groups -OCH3 is 2. The number of nitrogens with zero attached hydrogens (tertiary/aromatic N) is 6. The van der Waals surface area contributed by atoms with Gasteiger partial charge in [-0.3, -0.25) is 19.3 Å². The Balaban J connectivity index is 1.33. The molecule has 2 aliphatic carbocycles. The van der Waals surface area contributed by atoms with Gasteiger partial charge in [0.25, 0.3) is 11.8 Å². The molecule has 3 aromatic rings. The topological polar surface area (TPSA) is 170 Å². The van der Waals surface area contributed by atoms with E-state index in [0.717, 1.165) is 76.8 Å². The van der Waals surface area contributed by atoms with Crippen molar-refractivity contribution in [3.8, 4) is 28.4 Å². The van der Waals surface area contributed by atoms with Gasteiger partial charge >= 0.3 is 11.9 Å². The Kier molecular flexibility index (Phi) is 16.2. The molecule has 1 aliphatic heterocycles. The number of aliphatic carboxylic acids is 2. The van der Waals surface area contributed by atoms with Crippen molar-refractivity contribution in [2.24, 2.45) is 23.7 Å². The highest BCUT2D eigenvalue weighted by Gasteiger charge is 2.57. The van der Waals surface area contributed by atoms with Crippen LogP contribution in [0.4, 0.5) is 0 Å². The van der Waals surface area contributed by atoms with Gasteiger partial charge in [0.05, 0.1) is 37.7 Å². The molecule has 0 radical (unpaired) electrons. The highest BCUT2D eigenvalue weighted by molar-refractivity contribution is 5.98. The Bertz CT molecular complexity index is 2100. The first kappa shape index (κ1) is 48.5. The predicted octanol–water partition coefficient (Wildman–Crippen LogP) is 6.20. The maximum atomic E-state index is 14.6. The van der Waals surface area contributed by atoms with E-state index < -0.39 is 23.4 Å². The third kappa shape index (κ3) is 10.7. The van der Waals surface area contributed by atoms with Gasteiger partial charge in [-0.1, -0.05) is 40.7 Å². The SMILES string of the molecule is CCCN(CCN1CCCN(CC(=O)O)CCN(C)CC1)C(=O)c1ccc(-n2nc(C(=O)NC3(C(=O)O)C(C)CC4CC(C)CC3C4)cc2-c2c(OC)cccc2OC)c(C(C)C)c1. The molecule has 6 rings (SSSR count). The van der Waals surface area contributed by atoms with Gasteiger partial charge in [0.15, 0.2) is 5.69 Å². The third-order valence-electron chi connectivity index (χ3n) is 13.9. The number of aromatic nitrogens is 2. The molecule has 2 amide bonds. The van der Waals surface area contributed by atoms with Gasteiger partial charge in [-0.2, -0.15) is 5.10 Å². The van der Waals surface area contributed by atoms with Crippen LogP contribution >= 0.6 is 0 Å². The summed E-state index contributed by atoms with van der Waals surface area (Å²) >= 11 is 0. The summed E-state index contributed by atoms with van der Waals surface area (Å²) in [6, 6.07) is 12.7. The fourth-order valence-electron chi connectivity index (χ4n) is 10.7. The van der Waals surface area contributed by atoms with Gasteiger partial charge in [-0.25, -0.2) is 9.48 Å². The molecule has 350 valence electrons. The van der Waals surface area contributed by atoms with E-state index in [9.17, 15) is 29.4 Å². The molecule has 2 saturated carbocycles. The molecule has 1 aromatic heterocycles. The van der Waals surface area contributed by atoms with E-state index in [2.05, 4.69) is 49.9 Å². The van der Waals surface area contributed by atoms with E-state index in [1.807, 2.05) is 53.1 Å². The van der Waals surface area contributed by atoms with Crippen molar-refractivity contribution in [3.05, 3.63) is 59.3 Å². The second-order valence-electron chi connectivity index (χ2n) is 18.9. The van der Waals surface area contributed by atoms with E-state index in [1.54, 1.807) is 25.0 Å². The van der Waals surface area contributed by atoms with Crippen molar-refractivity contribution in [1.82, 2.24) is 34.7 Å². The molecular weight excluding hydrogens is 815 g/mol. The summed E-state index contributed by atoms with van der Waals surface area (Å²) in [5.41, 5.74) is 1.74. The minimum atomic E-state index is -1.44. The van der Waals surface area contributed by atoms with Crippen LogP contribution in [0, 0.1) is 23.7 Å². The first-order chi connectivity index (χ1) is 30.6. The summed E-state index contributed by atoms with van der Waals surface area (Å²) in [5, 5.41) is 28.3. The summed E-state index contributed by atoms with van der Waals surface area (Å²) in [4.78, 5) is 62.4. The number of amides is 2. The second-order valence-corrected chi connectivity index (χ2v) is 18.9. The highest BCUT2D eigenvalue weighted by atomic mass is 16.5. The smallest absolute Gasteiger partial charge is 0.329 e. The molecule has 5 atom stereocenters. The van der Waals surface area contributed by atoms with Crippen molar-refractivity contribution >= 4 is 23.8 Å². The van der Waals surface area contributed by atoms with Crippen LogP contribution in [0.25, 0.3) is 16.9 Å². The molecule has 2 bridgehead atoms. The van der Waals surface area contributed by atoms with Crippen molar-refractivity contribution in [2.75, 3.05) is 86.7 Å². The lowest BCUT2D eigenvalue weighted by Crippen LogP contribution is -2.66. The normalized spacial score (nSPS) is 23.6. The van der Waals surface area contributed by atoms with Crippen LogP contribution in [0.1, 0.15) is 105 Å². The lowest BCUT2D eigenvalue weighted by atomic mass is 9.56. The molecule has 2 heterocycles. The first-order valence-electron chi connectivity index (χ1n) is 23.3. The Hall–Kier alpha value is -4.99. The summed E-state index contributed by atoms with van der Waals surface area (Å²) in [5.74, 6) is -1.20. The standard InChI is InChI=1S/C49H71N7O8/c1-9-16-55(24-23-53-17-11-18-54(31-44(57)58)22-20-52(6)19-21-53)47(60)36-14-15-40(38(29-36)32(2)3)56-41(45-42(63-7)12-10-13-43(45)64-8)30-39(51-56)46(59)50-49(48(61)62)34(5)27-35-25-33(4)26-37(49)28-35/h10,12-15,29-30,32-35,37H,9,11,16-28,31H2,1-8H3,(H,50,59)(H,57,58)(H,61,62). The molecule has 64 heavy (non-hydrogen) atoms. The highest BCUT2D eigenvalue weighted by Crippen LogP contribution is 2.50. The maximum Gasteiger partial charge on any atom is 0.329 e. The van der Waals surface area contributed by atoms with Crippen LogP contribution in [-0.4, -0.2) is 156 Å². The minimum absolute atomic E-state index is 0.0313. The molecule has 3 fully saturated rings. The number of ether oxygens (including phenoxy) is 2. The van der Waals surface area contributed by atoms with Crippen LogP contribution in [0.2, 0.25) is 0 Å². The fraction of sp³-hybridized carbons (Fsp3) is 0.612. The van der Waals surface area contributed by atoms with E-state index in [4.69, 9.17) is 14.6 Å². The van der Waals surface area contributed by atoms with E-state index in [1.165, 1.54) is 0 Å². The summed E-state index contributed by atoms with van der Waals surface area (Å²) in [7, 11) is 5.20. The molecule has 2 aromatic carbocycles. The molecule has 15 nitrogen and oxygen atoms in total.